The van der Waals surface area contributed by atoms with E-state index in [1.165, 1.54) is 0 Å². The third-order valence-corrected chi connectivity index (χ3v) is 6.97. The van der Waals surface area contributed by atoms with Crippen LogP contribution >= 0.6 is 35.0 Å². The summed E-state index contributed by atoms with van der Waals surface area (Å²) in [6, 6.07) is 19.1. The van der Waals surface area contributed by atoms with Gasteiger partial charge in [-0.05, 0) is 55.3 Å². The van der Waals surface area contributed by atoms with Crippen LogP contribution in [0.2, 0.25) is 10.0 Å². The highest BCUT2D eigenvalue weighted by Gasteiger charge is 2.21. The lowest BCUT2D eigenvalue weighted by Crippen LogP contribution is -2.39. The molecule has 31 heavy (non-hydrogen) atoms. The van der Waals surface area contributed by atoms with E-state index in [-0.39, 0.29) is 5.91 Å². The number of rotatable bonds is 3. The topological polar surface area (TPSA) is 44.7 Å². The predicted octanol–water partition coefficient (Wildman–Crippen LogP) is 6.37. The molecule has 3 aromatic carbocycles. The number of amides is 1. The summed E-state index contributed by atoms with van der Waals surface area (Å²) in [5, 5.41) is 3.32. The van der Waals surface area contributed by atoms with Gasteiger partial charge in [0.05, 0.1) is 11.4 Å². The molecule has 0 bridgehead atoms. The van der Waals surface area contributed by atoms with Crippen LogP contribution in [0.25, 0.3) is 0 Å². The Kier molecular flexibility index (Phi) is 5.76. The minimum Gasteiger partial charge on any atom is -0.285 e. The molecule has 1 N–H and O–H groups in total. The first kappa shape index (κ1) is 20.6. The van der Waals surface area contributed by atoms with Gasteiger partial charge < -0.3 is 0 Å². The quantitative estimate of drug-likeness (QED) is 0.380. The average molecular weight is 468 g/mol. The van der Waals surface area contributed by atoms with Gasteiger partial charge in [-0.1, -0.05) is 53.2 Å². The first-order valence-corrected chi connectivity index (χ1v) is 11.7. The Morgan fingerprint density at radius 2 is 1.65 bits per heavy atom. The van der Waals surface area contributed by atoms with Crippen LogP contribution in [-0.4, -0.2) is 29.7 Å². The standard InChI is InChI=1S/C24H19Cl2N3OS/c25-17-6-3-15(4-7-17)23-19-9-8-18(26)14-22(19)31-21-10-5-16(13-20(21)27-23)24(30)28-29-11-1-2-12-29/h3-10,13-14H,1-2,11-12H2,(H,28,30). The van der Waals surface area contributed by atoms with E-state index < -0.39 is 0 Å². The van der Waals surface area contributed by atoms with Crippen LogP contribution in [0.15, 0.2) is 75.4 Å². The van der Waals surface area contributed by atoms with Gasteiger partial charge in [0.25, 0.3) is 5.91 Å². The Balaban J connectivity index is 1.58. The highest BCUT2D eigenvalue weighted by molar-refractivity contribution is 7.99. The second-order valence-electron chi connectivity index (χ2n) is 7.53. The van der Waals surface area contributed by atoms with Crippen molar-refractivity contribution in [3.63, 3.8) is 0 Å². The average Bonchev–Trinajstić information content (AvgIpc) is 3.21. The molecular weight excluding hydrogens is 449 g/mol. The van der Waals surface area contributed by atoms with E-state index in [4.69, 9.17) is 28.2 Å². The van der Waals surface area contributed by atoms with Crippen molar-refractivity contribution in [3.05, 3.63) is 87.4 Å². The lowest BCUT2D eigenvalue weighted by molar-refractivity contribution is 0.0826. The second kappa shape index (κ2) is 8.67. The zero-order valence-corrected chi connectivity index (χ0v) is 18.9. The number of fused-ring (bicyclic) bond motifs is 2. The number of carbonyl (C=O) groups excluding carboxylic acids is 1. The second-order valence-corrected chi connectivity index (χ2v) is 9.48. The van der Waals surface area contributed by atoms with Gasteiger partial charge in [0.2, 0.25) is 0 Å². The summed E-state index contributed by atoms with van der Waals surface area (Å²) in [5.74, 6) is -0.109. The maximum Gasteiger partial charge on any atom is 0.265 e. The lowest BCUT2D eigenvalue weighted by Gasteiger charge is -2.16. The van der Waals surface area contributed by atoms with E-state index in [0.717, 1.165) is 58.2 Å². The molecule has 1 fully saturated rings. The van der Waals surface area contributed by atoms with Crippen LogP contribution in [0, 0.1) is 0 Å². The van der Waals surface area contributed by atoms with Crippen molar-refractivity contribution in [2.75, 3.05) is 13.1 Å². The van der Waals surface area contributed by atoms with Crippen molar-refractivity contribution in [2.24, 2.45) is 4.99 Å². The number of nitrogens with one attached hydrogen (secondary N) is 1. The van der Waals surface area contributed by atoms with E-state index in [2.05, 4.69) is 5.43 Å². The fourth-order valence-corrected chi connectivity index (χ4v) is 5.18. The molecule has 2 aliphatic rings. The molecule has 2 aliphatic heterocycles. The smallest absolute Gasteiger partial charge is 0.265 e. The number of nitrogens with zero attached hydrogens (tertiary/aromatic N) is 2. The fourth-order valence-electron chi connectivity index (χ4n) is 3.77. The van der Waals surface area contributed by atoms with Gasteiger partial charge in [-0.2, -0.15) is 0 Å². The summed E-state index contributed by atoms with van der Waals surface area (Å²) in [4.78, 5) is 19.8. The van der Waals surface area contributed by atoms with Gasteiger partial charge in [0, 0.05) is 49.6 Å². The Labute approximate surface area is 195 Å². The van der Waals surface area contributed by atoms with Crippen molar-refractivity contribution in [1.82, 2.24) is 10.4 Å². The van der Waals surface area contributed by atoms with E-state index in [1.807, 2.05) is 65.7 Å². The fraction of sp³-hybridized carbons (Fsp3) is 0.167. The highest BCUT2D eigenvalue weighted by Crippen LogP contribution is 2.42. The molecule has 1 saturated heterocycles. The van der Waals surface area contributed by atoms with Gasteiger partial charge in [0.1, 0.15) is 0 Å². The van der Waals surface area contributed by atoms with Crippen molar-refractivity contribution in [1.29, 1.82) is 0 Å². The molecule has 0 unspecified atom stereocenters. The Bertz CT molecular complexity index is 1190. The third-order valence-electron chi connectivity index (χ3n) is 5.36. The summed E-state index contributed by atoms with van der Waals surface area (Å²) in [7, 11) is 0. The summed E-state index contributed by atoms with van der Waals surface area (Å²) >= 11 is 14.0. The minimum absolute atomic E-state index is 0.109. The van der Waals surface area contributed by atoms with Gasteiger partial charge >= 0.3 is 0 Å². The maximum atomic E-state index is 12.8. The van der Waals surface area contributed by atoms with Gasteiger partial charge in [-0.25, -0.2) is 10.0 Å². The first-order valence-electron chi connectivity index (χ1n) is 10.1. The van der Waals surface area contributed by atoms with Crippen LogP contribution in [0.5, 0.6) is 0 Å². The van der Waals surface area contributed by atoms with Gasteiger partial charge in [0.15, 0.2) is 0 Å². The van der Waals surface area contributed by atoms with Crippen LogP contribution in [0.1, 0.15) is 34.3 Å². The molecule has 0 spiro atoms. The van der Waals surface area contributed by atoms with Crippen LogP contribution < -0.4 is 5.43 Å². The van der Waals surface area contributed by atoms with Crippen LogP contribution in [-0.2, 0) is 0 Å². The zero-order chi connectivity index (χ0) is 21.4. The number of halogens is 2. The van der Waals surface area contributed by atoms with Crippen LogP contribution in [0.4, 0.5) is 5.69 Å². The van der Waals surface area contributed by atoms with E-state index in [9.17, 15) is 4.79 Å². The molecular formula is C24H19Cl2N3OS. The molecule has 4 nitrogen and oxygen atoms in total. The number of hydrogen-bond acceptors (Lipinski definition) is 4. The lowest BCUT2D eigenvalue weighted by atomic mass is 10.0. The molecule has 0 radical (unpaired) electrons. The number of benzene rings is 3. The summed E-state index contributed by atoms with van der Waals surface area (Å²) < 4.78 is 0. The molecule has 7 heteroatoms. The third kappa shape index (κ3) is 4.37. The molecule has 0 aliphatic carbocycles. The van der Waals surface area contributed by atoms with Gasteiger partial charge in [-0.15, -0.1) is 0 Å². The number of hydrogen-bond donors (Lipinski definition) is 1. The van der Waals surface area contributed by atoms with Crippen molar-refractivity contribution in [2.45, 2.75) is 22.6 Å². The van der Waals surface area contributed by atoms with Gasteiger partial charge in [-0.3, -0.25) is 10.2 Å². The molecule has 2 heterocycles. The van der Waals surface area contributed by atoms with E-state index in [1.54, 1.807) is 11.8 Å². The molecule has 5 rings (SSSR count). The van der Waals surface area contributed by atoms with E-state index in [0.29, 0.717) is 15.6 Å². The van der Waals surface area contributed by atoms with Crippen LogP contribution in [0.3, 0.4) is 0 Å². The molecule has 1 amide bonds. The van der Waals surface area contributed by atoms with Crippen molar-refractivity contribution >= 4 is 52.3 Å². The predicted molar refractivity (Wildman–Crippen MR) is 127 cm³/mol. The Morgan fingerprint density at radius 3 is 2.42 bits per heavy atom. The van der Waals surface area contributed by atoms with Crippen molar-refractivity contribution < 1.29 is 4.79 Å². The molecule has 0 saturated carbocycles. The first-order chi connectivity index (χ1) is 15.1. The molecule has 0 atom stereocenters. The molecule has 0 aromatic heterocycles. The summed E-state index contributed by atoms with van der Waals surface area (Å²) in [6.45, 7) is 1.78. The number of aliphatic imine (C=N–C) groups is 1. The highest BCUT2D eigenvalue weighted by atomic mass is 35.5. The Morgan fingerprint density at radius 1 is 0.903 bits per heavy atom. The summed E-state index contributed by atoms with van der Waals surface area (Å²) in [6.07, 6.45) is 2.22. The SMILES string of the molecule is O=C(NN1CCCC1)c1ccc2c(c1)N=C(c1ccc(Cl)cc1)c1ccc(Cl)cc1S2. The normalized spacial score (nSPS) is 15.6. The number of carbonyl (C=O) groups is 1. The largest absolute Gasteiger partial charge is 0.285 e. The maximum absolute atomic E-state index is 12.8. The monoisotopic (exact) mass is 467 g/mol. The molecule has 3 aromatic rings. The Hall–Kier alpha value is -2.31. The van der Waals surface area contributed by atoms with E-state index >= 15 is 0 Å². The van der Waals surface area contributed by atoms with Crippen molar-refractivity contribution in [3.8, 4) is 0 Å². The summed E-state index contributed by atoms with van der Waals surface area (Å²) in [5.41, 5.74) is 7.12. The zero-order valence-electron chi connectivity index (χ0n) is 16.6. The minimum atomic E-state index is -0.109. The number of hydrazine groups is 1. The molecule has 156 valence electrons.